The quantitative estimate of drug-likeness (QED) is 0.574. The van der Waals surface area contributed by atoms with E-state index >= 15 is 0 Å². The number of cyclic esters (lactones) is 1. The minimum atomic E-state index is -1.77. The van der Waals surface area contributed by atoms with Gasteiger partial charge >= 0.3 is 5.97 Å². The fourth-order valence-corrected chi connectivity index (χ4v) is 3.14. The van der Waals surface area contributed by atoms with Gasteiger partial charge in [0.1, 0.15) is 6.10 Å². The van der Waals surface area contributed by atoms with Crippen LogP contribution in [0.3, 0.4) is 0 Å². The molecule has 2 atom stereocenters. The molecule has 1 aliphatic heterocycles. The van der Waals surface area contributed by atoms with Gasteiger partial charge in [-0.15, -0.1) is 0 Å². The van der Waals surface area contributed by atoms with Crippen LogP contribution in [-0.2, 0) is 14.0 Å². The number of hydrogen-bond donors (Lipinski definition) is 0. The Labute approximate surface area is 106 Å². The van der Waals surface area contributed by atoms with Crippen molar-refractivity contribution >= 4 is 14.3 Å². The summed E-state index contributed by atoms with van der Waals surface area (Å²) in [5.74, 6) is -0.105. The van der Waals surface area contributed by atoms with Crippen molar-refractivity contribution in [2.24, 2.45) is 0 Å². The van der Waals surface area contributed by atoms with Gasteiger partial charge in [0, 0.05) is 6.42 Å². The molecule has 17 heavy (non-hydrogen) atoms. The normalized spacial score (nSPS) is 26.8. The summed E-state index contributed by atoms with van der Waals surface area (Å²) in [5, 5.41) is 0.191. The third-order valence-electron chi connectivity index (χ3n) is 3.94. The summed E-state index contributed by atoms with van der Waals surface area (Å²) >= 11 is 0. The van der Waals surface area contributed by atoms with Gasteiger partial charge in [0.05, 0.1) is 12.5 Å². The third kappa shape index (κ3) is 3.81. The highest BCUT2D eigenvalue weighted by molar-refractivity contribution is 6.74. The second-order valence-electron chi connectivity index (χ2n) is 6.46. The zero-order valence-corrected chi connectivity index (χ0v) is 13.0. The van der Waals surface area contributed by atoms with Crippen molar-refractivity contribution in [1.29, 1.82) is 0 Å². The maximum atomic E-state index is 11.5. The Bertz CT molecular complexity index is 281. The minimum Gasteiger partial charge on any atom is -0.462 e. The highest BCUT2D eigenvalue weighted by Crippen LogP contribution is 2.38. The highest BCUT2D eigenvalue weighted by atomic mass is 28.4. The van der Waals surface area contributed by atoms with Crippen molar-refractivity contribution in [2.45, 2.75) is 77.3 Å². The van der Waals surface area contributed by atoms with Crippen LogP contribution in [0.1, 0.15) is 47.0 Å². The van der Waals surface area contributed by atoms with Crippen LogP contribution in [0, 0.1) is 0 Å². The Morgan fingerprint density at radius 3 is 2.47 bits per heavy atom. The maximum Gasteiger partial charge on any atom is 0.308 e. The Kier molecular flexibility index (Phi) is 4.41. The van der Waals surface area contributed by atoms with Crippen LogP contribution in [0.2, 0.25) is 18.1 Å². The number of hydrogen-bond acceptors (Lipinski definition) is 3. The molecule has 0 N–H and O–H groups in total. The summed E-state index contributed by atoms with van der Waals surface area (Å²) in [6.45, 7) is 13.2. The number of carbonyl (C=O) groups is 1. The zero-order chi connectivity index (χ0) is 13.3. The molecule has 0 aromatic heterocycles. The molecule has 4 heteroatoms. The van der Waals surface area contributed by atoms with E-state index in [-0.39, 0.29) is 23.2 Å². The predicted octanol–water partition coefficient (Wildman–Crippen LogP) is 3.49. The molecule has 3 nitrogen and oxygen atoms in total. The molecule has 0 saturated carbocycles. The first-order valence-corrected chi connectivity index (χ1v) is 9.44. The zero-order valence-electron chi connectivity index (χ0n) is 12.0. The van der Waals surface area contributed by atoms with Crippen molar-refractivity contribution in [1.82, 2.24) is 0 Å². The average Bonchev–Trinajstić information content (AvgIpc) is 2.14. The molecule has 1 saturated heterocycles. The first kappa shape index (κ1) is 14.7. The van der Waals surface area contributed by atoms with E-state index in [1.165, 1.54) is 0 Å². The molecule has 0 aromatic rings. The van der Waals surface area contributed by atoms with E-state index in [1.54, 1.807) is 0 Å². The highest BCUT2D eigenvalue weighted by Gasteiger charge is 2.41. The topological polar surface area (TPSA) is 35.5 Å². The molecule has 1 unspecified atom stereocenters. The van der Waals surface area contributed by atoms with Crippen molar-refractivity contribution in [3.05, 3.63) is 0 Å². The Balaban J connectivity index is 2.65. The first-order valence-electron chi connectivity index (χ1n) is 6.53. The van der Waals surface area contributed by atoms with Crippen molar-refractivity contribution in [3.8, 4) is 0 Å². The van der Waals surface area contributed by atoms with Crippen LogP contribution < -0.4 is 0 Å². The molecule has 0 bridgehead atoms. The molecule has 0 spiro atoms. The maximum absolute atomic E-state index is 11.5. The molecular formula is C13H26O3Si. The van der Waals surface area contributed by atoms with Gasteiger partial charge in [-0.3, -0.25) is 4.79 Å². The van der Waals surface area contributed by atoms with Gasteiger partial charge in [-0.25, -0.2) is 0 Å². The van der Waals surface area contributed by atoms with Gasteiger partial charge in [0.2, 0.25) is 0 Å². The SMILES string of the molecule is CCC1C[C@@H](O[Si](C)(C)C(C)(C)C)CC(=O)O1. The molecule has 0 aromatic carbocycles. The predicted molar refractivity (Wildman–Crippen MR) is 71.5 cm³/mol. The van der Waals surface area contributed by atoms with Gasteiger partial charge in [0.15, 0.2) is 8.32 Å². The minimum absolute atomic E-state index is 0.0472. The summed E-state index contributed by atoms with van der Waals surface area (Å²) in [7, 11) is -1.77. The van der Waals surface area contributed by atoms with Crippen LogP contribution in [0.25, 0.3) is 0 Å². The monoisotopic (exact) mass is 258 g/mol. The van der Waals surface area contributed by atoms with Gasteiger partial charge < -0.3 is 9.16 Å². The fraction of sp³-hybridized carbons (Fsp3) is 0.923. The van der Waals surface area contributed by atoms with Crippen molar-refractivity contribution in [3.63, 3.8) is 0 Å². The van der Waals surface area contributed by atoms with Crippen molar-refractivity contribution < 1.29 is 14.0 Å². The Morgan fingerprint density at radius 2 is 2.00 bits per heavy atom. The van der Waals surface area contributed by atoms with Gasteiger partial charge in [-0.05, 0) is 24.6 Å². The number of carbonyl (C=O) groups excluding carboxylic acids is 1. The van der Waals surface area contributed by atoms with E-state index in [9.17, 15) is 4.79 Å². The lowest BCUT2D eigenvalue weighted by molar-refractivity contribution is -0.159. The molecular weight excluding hydrogens is 232 g/mol. The second-order valence-corrected chi connectivity index (χ2v) is 11.2. The number of ether oxygens (including phenoxy) is 1. The van der Waals surface area contributed by atoms with Crippen LogP contribution >= 0.6 is 0 Å². The molecule has 0 aliphatic carbocycles. The van der Waals surface area contributed by atoms with Crippen LogP contribution in [0.4, 0.5) is 0 Å². The molecule has 1 heterocycles. The largest absolute Gasteiger partial charge is 0.462 e. The number of rotatable bonds is 3. The molecule has 0 amide bonds. The Morgan fingerprint density at radius 1 is 1.41 bits per heavy atom. The molecule has 100 valence electrons. The summed E-state index contributed by atoms with van der Waals surface area (Å²) in [5.41, 5.74) is 0. The van der Waals surface area contributed by atoms with Gasteiger partial charge in [-0.2, -0.15) is 0 Å². The number of esters is 1. The lowest BCUT2D eigenvalue weighted by Crippen LogP contribution is -2.47. The summed E-state index contributed by atoms with van der Waals surface area (Å²) < 4.78 is 11.5. The van der Waals surface area contributed by atoms with E-state index in [4.69, 9.17) is 9.16 Å². The van der Waals surface area contributed by atoms with Crippen LogP contribution in [-0.4, -0.2) is 26.5 Å². The molecule has 1 fully saturated rings. The lowest BCUT2D eigenvalue weighted by Gasteiger charge is -2.41. The average molecular weight is 258 g/mol. The van der Waals surface area contributed by atoms with E-state index in [1.807, 2.05) is 6.92 Å². The van der Waals surface area contributed by atoms with E-state index in [0.29, 0.717) is 6.42 Å². The van der Waals surface area contributed by atoms with Crippen LogP contribution in [0.5, 0.6) is 0 Å². The summed E-state index contributed by atoms with van der Waals surface area (Å²) in [6, 6.07) is 0. The lowest BCUT2D eigenvalue weighted by atomic mass is 10.0. The van der Waals surface area contributed by atoms with E-state index < -0.39 is 8.32 Å². The van der Waals surface area contributed by atoms with Crippen LogP contribution in [0.15, 0.2) is 0 Å². The Hall–Kier alpha value is -0.353. The molecule has 1 aliphatic rings. The molecule has 0 radical (unpaired) electrons. The fourth-order valence-electron chi connectivity index (χ4n) is 1.78. The standard InChI is InChI=1S/C13H26O3Si/c1-7-10-8-11(9-12(14)15-10)16-17(5,6)13(2,3)4/h10-11H,7-9H2,1-6H3/t10?,11-/m1/s1. The summed E-state index contributed by atoms with van der Waals surface area (Å²) in [4.78, 5) is 11.5. The van der Waals surface area contributed by atoms with Gasteiger partial charge in [0.25, 0.3) is 0 Å². The smallest absolute Gasteiger partial charge is 0.308 e. The van der Waals surface area contributed by atoms with E-state index in [0.717, 1.165) is 12.8 Å². The van der Waals surface area contributed by atoms with Gasteiger partial charge in [-0.1, -0.05) is 27.7 Å². The third-order valence-corrected chi connectivity index (χ3v) is 8.48. The first-order chi connectivity index (χ1) is 7.65. The summed E-state index contributed by atoms with van der Waals surface area (Å²) in [6.07, 6.45) is 2.26. The van der Waals surface area contributed by atoms with Crippen molar-refractivity contribution in [2.75, 3.05) is 0 Å². The molecule has 1 rings (SSSR count). The second kappa shape index (κ2) is 5.10. The van der Waals surface area contributed by atoms with E-state index in [2.05, 4.69) is 33.9 Å².